The topological polar surface area (TPSA) is 62.3 Å². The van der Waals surface area contributed by atoms with Gasteiger partial charge in [0, 0.05) is 36.1 Å². The summed E-state index contributed by atoms with van der Waals surface area (Å²) in [6.45, 7) is 8.64. The van der Waals surface area contributed by atoms with Crippen LogP contribution in [0.2, 0.25) is 0 Å². The van der Waals surface area contributed by atoms with Crippen LogP contribution in [-0.4, -0.2) is 31.4 Å². The molecular weight excluding hydrogens is 502 g/mol. The van der Waals surface area contributed by atoms with Crippen LogP contribution >= 0.6 is 0 Å². The molecule has 6 heteroatoms. The Hall–Kier alpha value is -3.64. The van der Waals surface area contributed by atoms with E-state index in [1.807, 2.05) is 36.4 Å². The van der Waals surface area contributed by atoms with Crippen LogP contribution in [0.1, 0.15) is 49.3 Å². The van der Waals surface area contributed by atoms with Gasteiger partial charge in [-0.2, -0.15) is 0 Å². The predicted molar refractivity (Wildman–Crippen MR) is 161 cm³/mol. The number of rotatable bonds is 9. The van der Waals surface area contributed by atoms with Gasteiger partial charge in [0.2, 0.25) is 0 Å². The number of fused-ring (bicyclic) bond motifs is 1. The van der Waals surface area contributed by atoms with Crippen molar-refractivity contribution in [1.82, 2.24) is 9.88 Å². The van der Waals surface area contributed by atoms with Crippen LogP contribution in [0.4, 0.5) is 5.69 Å². The number of likely N-dealkylation sites (tertiary alicyclic amines) is 1. The lowest BCUT2D eigenvalue weighted by molar-refractivity contribution is 0.391. The van der Waals surface area contributed by atoms with Crippen molar-refractivity contribution >= 4 is 32.3 Å². The van der Waals surface area contributed by atoms with E-state index in [-0.39, 0.29) is 4.90 Å². The smallest absolute Gasteiger partial charge is 0.264 e. The van der Waals surface area contributed by atoms with Crippen molar-refractivity contribution in [2.45, 2.75) is 50.3 Å². The molecule has 2 heterocycles. The van der Waals surface area contributed by atoms with Crippen LogP contribution < -0.4 is 4.72 Å². The zero-order valence-corrected chi connectivity index (χ0v) is 23.5. The third-order valence-electron chi connectivity index (χ3n) is 7.91. The molecule has 3 aromatic carbocycles. The number of hydrogen-bond donors (Lipinski definition) is 1. The zero-order valence-electron chi connectivity index (χ0n) is 22.6. The van der Waals surface area contributed by atoms with Crippen molar-refractivity contribution in [2.75, 3.05) is 17.8 Å². The highest BCUT2D eigenvalue weighted by atomic mass is 32.2. The largest absolute Gasteiger partial charge is 0.372 e. The molecule has 1 atom stereocenters. The number of para-hydroxylation sites is 1. The number of sulfonamides is 1. The van der Waals surface area contributed by atoms with Crippen molar-refractivity contribution in [3.63, 3.8) is 0 Å². The second-order valence-electron chi connectivity index (χ2n) is 10.4. The first-order valence-electron chi connectivity index (χ1n) is 13.9. The summed E-state index contributed by atoms with van der Waals surface area (Å²) in [6.07, 6.45) is 8.68. The molecule has 0 spiro atoms. The second kappa shape index (κ2) is 12.0. The van der Waals surface area contributed by atoms with Crippen molar-refractivity contribution in [2.24, 2.45) is 5.92 Å². The van der Waals surface area contributed by atoms with Gasteiger partial charge in [0.1, 0.15) is 4.90 Å². The number of benzene rings is 3. The van der Waals surface area contributed by atoms with E-state index in [4.69, 9.17) is 0 Å². The third kappa shape index (κ3) is 6.34. The Kier molecular flexibility index (Phi) is 8.32. The molecule has 1 aromatic heterocycles. The number of pyridine rings is 1. The molecule has 39 heavy (non-hydrogen) atoms. The van der Waals surface area contributed by atoms with Crippen LogP contribution in [0.25, 0.3) is 16.6 Å². The van der Waals surface area contributed by atoms with Gasteiger partial charge in [-0.25, -0.2) is 8.42 Å². The first-order chi connectivity index (χ1) is 18.9. The fraction of sp³-hybridized carbons (Fsp3) is 0.303. The van der Waals surface area contributed by atoms with Crippen molar-refractivity contribution in [3.8, 4) is 0 Å². The van der Waals surface area contributed by atoms with E-state index in [0.717, 1.165) is 54.9 Å². The Bertz CT molecular complexity index is 1540. The lowest BCUT2D eigenvalue weighted by Crippen LogP contribution is -2.22. The van der Waals surface area contributed by atoms with E-state index in [1.54, 1.807) is 24.4 Å². The van der Waals surface area contributed by atoms with Crippen molar-refractivity contribution in [1.29, 1.82) is 0 Å². The van der Waals surface area contributed by atoms with Crippen LogP contribution in [-0.2, 0) is 22.9 Å². The summed E-state index contributed by atoms with van der Waals surface area (Å²) in [5.74, 6) is 0.730. The van der Waals surface area contributed by atoms with E-state index in [9.17, 15) is 8.42 Å². The van der Waals surface area contributed by atoms with E-state index in [0.29, 0.717) is 11.2 Å². The first-order valence-corrected chi connectivity index (χ1v) is 15.4. The molecule has 0 radical (unpaired) electrons. The molecule has 1 aliphatic heterocycles. The van der Waals surface area contributed by atoms with Crippen molar-refractivity contribution < 1.29 is 8.42 Å². The van der Waals surface area contributed by atoms with Crippen molar-refractivity contribution in [3.05, 3.63) is 108 Å². The van der Waals surface area contributed by atoms with Crippen LogP contribution in [0.3, 0.4) is 0 Å². The average molecular weight is 540 g/mol. The fourth-order valence-corrected chi connectivity index (χ4v) is 6.89. The van der Waals surface area contributed by atoms with Gasteiger partial charge in [0.15, 0.2) is 0 Å². The van der Waals surface area contributed by atoms with Gasteiger partial charge in [-0.1, -0.05) is 68.1 Å². The molecule has 5 rings (SSSR count). The van der Waals surface area contributed by atoms with Crippen LogP contribution in [0.5, 0.6) is 0 Å². The summed E-state index contributed by atoms with van der Waals surface area (Å²) >= 11 is 0. The lowest BCUT2D eigenvalue weighted by atomic mass is 9.91. The van der Waals surface area contributed by atoms with Gasteiger partial charge in [0.25, 0.3) is 10.0 Å². The average Bonchev–Trinajstić information content (AvgIpc) is 3.21. The number of aryl methyl sites for hydroxylation is 2. The molecule has 4 aromatic rings. The second-order valence-corrected chi connectivity index (χ2v) is 12.1. The summed E-state index contributed by atoms with van der Waals surface area (Å²) in [5.41, 5.74) is 5.97. The van der Waals surface area contributed by atoms with E-state index < -0.39 is 10.0 Å². The molecule has 0 bridgehead atoms. The van der Waals surface area contributed by atoms with Crippen LogP contribution in [0.15, 0.2) is 96.5 Å². The number of anilines is 1. The number of hydrogen-bond acceptors (Lipinski definition) is 4. The Morgan fingerprint density at radius 1 is 0.949 bits per heavy atom. The lowest BCUT2D eigenvalue weighted by Gasteiger charge is -2.25. The molecule has 1 N–H and O–H groups in total. The van der Waals surface area contributed by atoms with Gasteiger partial charge in [0.05, 0.1) is 5.52 Å². The maximum atomic E-state index is 13.2. The van der Waals surface area contributed by atoms with Gasteiger partial charge in [-0.05, 0) is 85.4 Å². The molecular formula is C33H37N3O2S. The Morgan fingerprint density at radius 2 is 1.72 bits per heavy atom. The highest BCUT2D eigenvalue weighted by molar-refractivity contribution is 7.93. The molecule has 5 nitrogen and oxygen atoms in total. The molecule has 0 amide bonds. The monoisotopic (exact) mass is 539 g/mol. The maximum absolute atomic E-state index is 13.2. The molecule has 1 unspecified atom stereocenters. The highest BCUT2D eigenvalue weighted by Crippen LogP contribution is 2.29. The number of aromatic nitrogens is 1. The van der Waals surface area contributed by atoms with Gasteiger partial charge in [-0.15, -0.1) is 0 Å². The summed E-state index contributed by atoms with van der Waals surface area (Å²) in [7, 11) is -3.78. The highest BCUT2D eigenvalue weighted by Gasteiger charge is 2.20. The minimum Gasteiger partial charge on any atom is -0.372 e. The van der Waals surface area contributed by atoms with Crippen LogP contribution in [0, 0.1) is 5.92 Å². The molecule has 1 aliphatic rings. The summed E-state index contributed by atoms with van der Waals surface area (Å²) in [5, 5.41) is 0.789. The molecule has 1 saturated heterocycles. The summed E-state index contributed by atoms with van der Waals surface area (Å²) in [4.78, 5) is 6.85. The number of nitrogens with zero attached hydrogens (tertiary/aromatic N) is 2. The Morgan fingerprint density at radius 3 is 2.51 bits per heavy atom. The molecule has 1 fully saturated rings. The Labute approximate surface area is 232 Å². The van der Waals surface area contributed by atoms with E-state index in [2.05, 4.69) is 52.4 Å². The first kappa shape index (κ1) is 26.9. The minimum atomic E-state index is -3.78. The predicted octanol–water partition coefficient (Wildman–Crippen LogP) is 7.30. The maximum Gasteiger partial charge on any atom is 0.264 e. The molecule has 0 saturated carbocycles. The Balaban J connectivity index is 1.20. The zero-order chi connectivity index (χ0) is 27.2. The van der Waals surface area contributed by atoms with E-state index >= 15 is 0 Å². The molecule has 202 valence electrons. The van der Waals surface area contributed by atoms with Gasteiger partial charge < -0.3 is 4.90 Å². The quantitative estimate of drug-likeness (QED) is 0.242. The summed E-state index contributed by atoms with van der Waals surface area (Å²) < 4.78 is 29.0. The van der Waals surface area contributed by atoms with Gasteiger partial charge in [-0.3, -0.25) is 9.71 Å². The standard InChI is InChI=1S/C33H37N3O2S/c1-3-27-10-4-5-11-29(27)16-15-26-9-8-23-36(24-21-26)25(2)28-17-19-31(20-18-28)35-39(37,38)32-14-6-12-30-13-7-22-34-33(30)32/h4-7,10-14,17-20,22,26,35H,2-3,8-9,15-16,21,23-24H2,1H3. The minimum absolute atomic E-state index is 0.173. The number of nitrogens with one attached hydrogen (secondary N) is 1. The SMILES string of the molecule is C=C(c1ccc(NS(=O)(=O)c2cccc3cccnc23)cc1)N1CCCC(CCc2ccccc2CC)CC1. The fourth-order valence-electron chi connectivity index (χ4n) is 5.65. The molecule has 0 aliphatic carbocycles. The third-order valence-corrected chi connectivity index (χ3v) is 9.32. The summed E-state index contributed by atoms with van der Waals surface area (Å²) in [6, 6.07) is 25.2. The normalized spacial score (nSPS) is 16.1. The van der Waals surface area contributed by atoms with E-state index in [1.165, 1.54) is 30.4 Å². The van der Waals surface area contributed by atoms with Gasteiger partial charge >= 0.3 is 0 Å².